The molecule has 0 saturated heterocycles. The predicted octanol–water partition coefficient (Wildman–Crippen LogP) is 2.42. The van der Waals surface area contributed by atoms with Gasteiger partial charge in [0.2, 0.25) is 0 Å². The van der Waals surface area contributed by atoms with E-state index in [-0.39, 0.29) is 24.0 Å². The fraction of sp³-hybridized carbons (Fsp3) is 0.611. The van der Waals surface area contributed by atoms with Gasteiger partial charge in [0.05, 0.1) is 6.61 Å². The number of hydrogen-bond donors (Lipinski definition) is 1. The number of ether oxygens (including phenoxy) is 1. The Morgan fingerprint density at radius 2 is 1.96 bits per heavy atom. The molecular formula is C18H31IN4O. The minimum absolute atomic E-state index is 0. The first kappa shape index (κ1) is 21.2. The average molecular weight is 446 g/mol. The zero-order valence-corrected chi connectivity index (χ0v) is 17.4. The third-order valence-electron chi connectivity index (χ3n) is 4.16. The number of nitrogens with one attached hydrogen (secondary N) is 1. The van der Waals surface area contributed by atoms with Gasteiger partial charge in [-0.25, -0.2) is 0 Å². The average Bonchev–Trinajstić information content (AvgIpc) is 3.40. The summed E-state index contributed by atoms with van der Waals surface area (Å²) in [6.45, 7) is 4.62. The van der Waals surface area contributed by atoms with Crippen LogP contribution in [-0.2, 0) is 11.3 Å². The zero-order valence-electron chi connectivity index (χ0n) is 15.1. The first-order chi connectivity index (χ1) is 11.2. The molecule has 0 radical (unpaired) electrons. The Morgan fingerprint density at radius 1 is 1.25 bits per heavy atom. The highest BCUT2D eigenvalue weighted by atomic mass is 127. The van der Waals surface area contributed by atoms with Crippen molar-refractivity contribution in [1.82, 2.24) is 15.1 Å². The summed E-state index contributed by atoms with van der Waals surface area (Å²) in [5.74, 6) is 0.941. The number of methoxy groups -OCH3 is 1. The molecular weight excluding hydrogens is 415 g/mol. The Bertz CT molecular complexity index is 479. The van der Waals surface area contributed by atoms with Crippen LogP contribution in [0.2, 0.25) is 0 Å². The Morgan fingerprint density at radius 3 is 2.54 bits per heavy atom. The van der Waals surface area contributed by atoms with Crippen LogP contribution in [-0.4, -0.2) is 69.2 Å². The topological polar surface area (TPSA) is 40.1 Å². The van der Waals surface area contributed by atoms with Gasteiger partial charge >= 0.3 is 0 Å². The summed E-state index contributed by atoms with van der Waals surface area (Å²) in [4.78, 5) is 9.07. The first-order valence-electron chi connectivity index (χ1n) is 8.43. The fourth-order valence-corrected chi connectivity index (χ4v) is 2.75. The molecule has 0 heterocycles. The third-order valence-corrected chi connectivity index (χ3v) is 4.16. The van der Waals surface area contributed by atoms with Gasteiger partial charge in [-0.15, -0.1) is 24.0 Å². The molecule has 1 aliphatic rings. The number of hydrogen-bond acceptors (Lipinski definition) is 3. The van der Waals surface area contributed by atoms with Crippen LogP contribution in [0.4, 0.5) is 0 Å². The van der Waals surface area contributed by atoms with Crippen LogP contribution >= 0.6 is 24.0 Å². The molecule has 0 aliphatic heterocycles. The summed E-state index contributed by atoms with van der Waals surface area (Å²) < 4.78 is 5.21. The Kier molecular flexibility index (Phi) is 10.3. The molecule has 1 aromatic rings. The minimum atomic E-state index is 0. The van der Waals surface area contributed by atoms with E-state index in [1.807, 2.05) is 13.1 Å². The molecule has 0 unspecified atom stereocenters. The summed E-state index contributed by atoms with van der Waals surface area (Å²) in [5.41, 5.74) is 1.29. The van der Waals surface area contributed by atoms with E-state index in [4.69, 9.17) is 4.74 Å². The van der Waals surface area contributed by atoms with E-state index in [9.17, 15) is 0 Å². The van der Waals surface area contributed by atoms with Crippen molar-refractivity contribution < 1.29 is 4.74 Å². The summed E-state index contributed by atoms with van der Waals surface area (Å²) in [6.07, 6.45) is 2.65. The number of guanidine groups is 1. The van der Waals surface area contributed by atoms with E-state index in [1.54, 1.807) is 7.11 Å². The molecule has 5 nitrogen and oxygen atoms in total. The lowest BCUT2D eigenvalue weighted by molar-refractivity contribution is 0.144. The molecule has 0 bridgehead atoms. The highest BCUT2D eigenvalue weighted by Gasteiger charge is 2.28. The maximum Gasteiger partial charge on any atom is 0.193 e. The normalized spacial score (nSPS) is 14.4. The molecule has 2 rings (SSSR count). The second kappa shape index (κ2) is 11.7. The number of benzene rings is 1. The SMILES string of the molecule is CN=C(NCCN(CCOC)C1CC1)N(C)Cc1ccccc1.I. The third kappa shape index (κ3) is 7.36. The largest absolute Gasteiger partial charge is 0.383 e. The quantitative estimate of drug-likeness (QED) is 0.360. The smallest absolute Gasteiger partial charge is 0.193 e. The molecule has 24 heavy (non-hydrogen) atoms. The lowest BCUT2D eigenvalue weighted by atomic mass is 10.2. The zero-order chi connectivity index (χ0) is 16.5. The summed E-state index contributed by atoms with van der Waals surface area (Å²) in [7, 11) is 5.68. The van der Waals surface area contributed by atoms with E-state index < -0.39 is 0 Å². The van der Waals surface area contributed by atoms with Crippen molar-refractivity contribution in [2.24, 2.45) is 4.99 Å². The Labute approximate surface area is 163 Å². The molecule has 6 heteroatoms. The molecule has 0 aromatic heterocycles. The summed E-state index contributed by atoms with van der Waals surface area (Å²) in [6, 6.07) is 11.2. The monoisotopic (exact) mass is 446 g/mol. The molecule has 0 atom stereocenters. The second-order valence-electron chi connectivity index (χ2n) is 6.08. The predicted molar refractivity (Wildman–Crippen MR) is 111 cm³/mol. The van der Waals surface area contributed by atoms with E-state index >= 15 is 0 Å². The van der Waals surface area contributed by atoms with Gasteiger partial charge in [0, 0.05) is 53.4 Å². The molecule has 1 aromatic carbocycles. The van der Waals surface area contributed by atoms with Gasteiger partial charge in [0.15, 0.2) is 5.96 Å². The van der Waals surface area contributed by atoms with Crippen LogP contribution in [0, 0.1) is 0 Å². The first-order valence-corrected chi connectivity index (χ1v) is 8.43. The van der Waals surface area contributed by atoms with Crippen LogP contribution in [0.25, 0.3) is 0 Å². The standard InChI is InChI=1S/C18H30N4O.HI/c1-19-18(21(2)15-16-7-5-4-6-8-16)20-11-12-22(13-14-23-3)17-9-10-17;/h4-8,17H,9-15H2,1-3H3,(H,19,20);1H. The number of rotatable bonds is 9. The molecule has 0 amide bonds. The van der Waals surface area contributed by atoms with Crippen LogP contribution in [0.5, 0.6) is 0 Å². The van der Waals surface area contributed by atoms with E-state index in [1.165, 1.54) is 18.4 Å². The molecule has 1 aliphatic carbocycles. The highest BCUT2D eigenvalue weighted by molar-refractivity contribution is 14.0. The van der Waals surface area contributed by atoms with Crippen molar-refractivity contribution in [1.29, 1.82) is 0 Å². The van der Waals surface area contributed by atoms with Gasteiger partial charge in [-0.2, -0.15) is 0 Å². The van der Waals surface area contributed by atoms with E-state index in [0.717, 1.165) is 44.8 Å². The Hall–Kier alpha value is -0.860. The van der Waals surface area contributed by atoms with Crippen LogP contribution in [0.1, 0.15) is 18.4 Å². The van der Waals surface area contributed by atoms with E-state index in [0.29, 0.717) is 0 Å². The van der Waals surface area contributed by atoms with Crippen LogP contribution in [0.3, 0.4) is 0 Å². The maximum absolute atomic E-state index is 5.21. The van der Waals surface area contributed by atoms with Crippen molar-refractivity contribution in [2.75, 3.05) is 47.4 Å². The molecule has 1 saturated carbocycles. The number of halogens is 1. The van der Waals surface area contributed by atoms with Crippen molar-refractivity contribution in [3.63, 3.8) is 0 Å². The lowest BCUT2D eigenvalue weighted by Gasteiger charge is -2.25. The van der Waals surface area contributed by atoms with Gasteiger partial charge in [0.25, 0.3) is 0 Å². The summed E-state index contributed by atoms with van der Waals surface area (Å²) in [5, 5.41) is 3.47. The second-order valence-corrected chi connectivity index (χ2v) is 6.08. The maximum atomic E-state index is 5.21. The molecule has 136 valence electrons. The van der Waals surface area contributed by atoms with Gasteiger partial charge in [-0.3, -0.25) is 9.89 Å². The van der Waals surface area contributed by atoms with Gasteiger partial charge in [-0.1, -0.05) is 30.3 Å². The minimum Gasteiger partial charge on any atom is -0.383 e. The Balaban J connectivity index is 0.00000288. The molecule has 1 fully saturated rings. The summed E-state index contributed by atoms with van der Waals surface area (Å²) >= 11 is 0. The molecule has 0 spiro atoms. The number of aliphatic imine (C=N–C) groups is 1. The van der Waals surface area contributed by atoms with E-state index in [2.05, 4.69) is 51.4 Å². The van der Waals surface area contributed by atoms with Crippen molar-refractivity contribution >= 4 is 29.9 Å². The fourth-order valence-electron chi connectivity index (χ4n) is 2.75. The van der Waals surface area contributed by atoms with Crippen molar-refractivity contribution in [2.45, 2.75) is 25.4 Å². The lowest BCUT2D eigenvalue weighted by Crippen LogP contribution is -2.43. The highest BCUT2D eigenvalue weighted by Crippen LogP contribution is 2.25. The van der Waals surface area contributed by atoms with Crippen molar-refractivity contribution in [3.8, 4) is 0 Å². The van der Waals surface area contributed by atoms with Crippen LogP contribution in [0.15, 0.2) is 35.3 Å². The van der Waals surface area contributed by atoms with Gasteiger partial charge in [-0.05, 0) is 18.4 Å². The molecule has 1 N–H and O–H groups in total. The number of nitrogens with zero attached hydrogens (tertiary/aromatic N) is 3. The van der Waals surface area contributed by atoms with Gasteiger partial charge < -0.3 is 15.0 Å². The van der Waals surface area contributed by atoms with Crippen molar-refractivity contribution in [3.05, 3.63) is 35.9 Å². The van der Waals surface area contributed by atoms with Gasteiger partial charge in [0.1, 0.15) is 0 Å². The van der Waals surface area contributed by atoms with Crippen LogP contribution < -0.4 is 5.32 Å².